The van der Waals surface area contributed by atoms with Crippen LogP contribution in [0.4, 0.5) is 21.1 Å². The van der Waals surface area contributed by atoms with Gasteiger partial charge in [0.1, 0.15) is 11.4 Å². The summed E-state index contributed by atoms with van der Waals surface area (Å²) in [5, 5.41) is 2.64. The van der Waals surface area contributed by atoms with E-state index in [0.717, 1.165) is 10.5 Å². The number of hydrogen-bond donors (Lipinski definition) is 3. The van der Waals surface area contributed by atoms with Crippen LogP contribution in [0.3, 0.4) is 0 Å². The van der Waals surface area contributed by atoms with Crippen LogP contribution in [0.2, 0.25) is 0 Å². The molecule has 1 aromatic carbocycles. The average Bonchev–Trinajstić information content (AvgIpc) is 2.74. The average molecular weight is 476 g/mol. The lowest BCUT2D eigenvalue weighted by molar-refractivity contribution is 0.0527. The number of aromatic amines is 1. The Morgan fingerprint density at radius 1 is 1.15 bits per heavy atom. The SMILES string of the molecule is CCOC(=O)N(CCCCNC(=O)OC(C)(C)C)c1c(N)n(Cc2ccccc2)c(=O)[nH]c1=O. The lowest BCUT2D eigenvalue weighted by Gasteiger charge is -2.24. The third-order valence-electron chi connectivity index (χ3n) is 4.63. The number of rotatable bonds is 9. The number of nitrogen functional groups attached to an aromatic ring is 1. The standard InChI is InChI=1S/C23H33N5O6/c1-5-33-22(32)27(14-10-9-13-25-21(31)34-23(2,3)4)17-18(24)28(20(30)26-19(17)29)15-16-11-7-6-8-12-16/h6-8,11-12H,5,9-10,13-15,24H2,1-4H3,(H,25,31)(H,26,29,30). The minimum Gasteiger partial charge on any atom is -0.449 e. The highest BCUT2D eigenvalue weighted by atomic mass is 16.6. The summed E-state index contributed by atoms with van der Waals surface area (Å²) >= 11 is 0. The molecule has 0 aliphatic heterocycles. The second-order valence-electron chi connectivity index (χ2n) is 8.55. The lowest BCUT2D eigenvalue weighted by atomic mass is 10.2. The Morgan fingerprint density at radius 2 is 1.82 bits per heavy atom. The van der Waals surface area contributed by atoms with Crippen molar-refractivity contribution in [3.05, 3.63) is 56.7 Å². The van der Waals surface area contributed by atoms with Crippen molar-refractivity contribution in [2.75, 3.05) is 30.3 Å². The van der Waals surface area contributed by atoms with Crippen LogP contribution in [0.5, 0.6) is 0 Å². The number of nitrogens with two attached hydrogens (primary N) is 1. The number of benzene rings is 1. The maximum Gasteiger partial charge on any atom is 0.414 e. The van der Waals surface area contributed by atoms with E-state index in [1.807, 2.05) is 30.3 Å². The molecule has 2 rings (SSSR count). The van der Waals surface area contributed by atoms with Crippen LogP contribution >= 0.6 is 0 Å². The van der Waals surface area contributed by atoms with Gasteiger partial charge in [-0.2, -0.15) is 0 Å². The fourth-order valence-corrected chi connectivity index (χ4v) is 3.16. The van der Waals surface area contributed by atoms with E-state index in [1.54, 1.807) is 27.7 Å². The zero-order chi connectivity index (χ0) is 25.3. The molecule has 0 aliphatic carbocycles. The number of carbonyl (C=O) groups excluding carboxylic acids is 2. The van der Waals surface area contributed by atoms with Crippen molar-refractivity contribution in [3.63, 3.8) is 0 Å². The van der Waals surface area contributed by atoms with Gasteiger partial charge in [0.2, 0.25) is 0 Å². The molecule has 0 bridgehead atoms. The van der Waals surface area contributed by atoms with Crippen molar-refractivity contribution in [1.29, 1.82) is 0 Å². The normalized spacial score (nSPS) is 11.1. The van der Waals surface area contributed by atoms with Gasteiger partial charge in [0, 0.05) is 13.1 Å². The van der Waals surface area contributed by atoms with E-state index in [4.69, 9.17) is 15.2 Å². The molecular formula is C23H33N5O6. The molecule has 0 spiro atoms. The first-order valence-electron chi connectivity index (χ1n) is 11.1. The minimum absolute atomic E-state index is 0.0889. The molecule has 11 heteroatoms. The van der Waals surface area contributed by atoms with Crippen molar-refractivity contribution < 1.29 is 19.1 Å². The lowest BCUT2D eigenvalue weighted by Crippen LogP contribution is -2.42. The Kier molecular flexibility index (Phi) is 9.28. The summed E-state index contributed by atoms with van der Waals surface area (Å²) in [7, 11) is 0. The van der Waals surface area contributed by atoms with Crippen molar-refractivity contribution in [2.24, 2.45) is 0 Å². The molecule has 34 heavy (non-hydrogen) atoms. The van der Waals surface area contributed by atoms with Gasteiger partial charge in [-0.05, 0) is 46.1 Å². The van der Waals surface area contributed by atoms with Crippen molar-refractivity contribution >= 4 is 23.7 Å². The number of nitrogens with zero attached hydrogens (tertiary/aromatic N) is 2. The Balaban J connectivity index is 2.19. The highest BCUT2D eigenvalue weighted by molar-refractivity contribution is 5.90. The van der Waals surface area contributed by atoms with Gasteiger partial charge in [-0.25, -0.2) is 14.4 Å². The molecule has 1 heterocycles. The first-order chi connectivity index (χ1) is 16.0. The third kappa shape index (κ3) is 7.68. The topological polar surface area (TPSA) is 149 Å². The van der Waals surface area contributed by atoms with Crippen LogP contribution in [-0.2, 0) is 16.0 Å². The highest BCUT2D eigenvalue weighted by Crippen LogP contribution is 2.19. The molecule has 0 saturated heterocycles. The van der Waals surface area contributed by atoms with Crippen LogP contribution in [0, 0.1) is 0 Å². The van der Waals surface area contributed by atoms with Gasteiger partial charge in [-0.15, -0.1) is 0 Å². The Hall–Kier alpha value is -3.76. The number of hydrogen-bond acceptors (Lipinski definition) is 7. The number of amides is 2. The quantitative estimate of drug-likeness (QED) is 0.472. The molecule has 0 unspecified atom stereocenters. The van der Waals surface area contributed by atoms with E-state index in [1.165, 1.54) is 4.57 Å². The molecule has 2 aromatic rings. The zero-order valence-electron chi connectivity index (χ0n) is 20.1. The molecule has 0 atom stereocenters. The van der Waals surface area contributed by atoms with Gasteiger partial charge in [-0.1, -0.05) is 30.3 Å². The maximum absolute atomic E-state index is 12.7. The number of anilines is 2. The molecule has 0 aliphatic rings. The van der Waals surface area contributed by atoms with E-state index in [2.05, 4.69) is 10.3 Å². The van der Waals surface area contributed by atoms with Crippen LogP contribution in [0.15, 0.2) is 39.9 Å². The summed E-state index contributed by atoms with van der Waals surface area (Å²) in [6, 6.07) is 9.11. The molecule has 11 nitrogen and oxygen atoms in total. The largest absolute Gasteiger partial charge is 0.449 e. The molecule has 186 valence electrons. The predicted molar refractivity (Wildman–Crippen MR) is 129 cm³/mol. The van der Waals surface area contributed by atoms with Crippen LogP contribution in [0.1, 0.15) is 46.1 Å². The fraction of sp³-hybridized carbons (Fsp3) is 0.478. The molecule has 1 aromatic heterocycles. The van der Waals surface area contributed by atoms with Crippen LogP contribution < -0.4 is 27.2 Å². The number of H-pyrrole nitrogens is 1. The summed E-state index contributed by atoms with van der Waals surface area (Å²) in [6.07, 6.45) is -0.379. The zero-order valence-corrected chi connectivity index (χ0v) is 20.1. The summed E-state index contributed by atoms with van der Waals surface area (Å²) in [4.78, 5) is 52.9. The maximum atomic E-state index is 12.7. The first kappa shape index (κ1) is 26.5. The summed E-state index contributed by atoms with van der Waals surface area (Å²) in [5.41, 5.74) is 4.78. The second-order valence-corrected chi connectivity index (χ2v) is 8.55. The molecule has 0 radical (unpaired) electrons. The molecule has 4 N–H and O–H groups in total. The van der Waals surface area contributed by atoms with Gasteiger partial charge in [0.05, 0.1) is 13.2 Å². The monoisotopic (exact) mass is 475 g/mol. The van der Waals surface area contributed by atoms with E-state index in [0.29, 0.717) is 19.4 Å². The van der Waals surface area contributed by atoms with Gasteiger partial charge in [-0.3, -0.25) is 19.2 Å². The summed E-state index contributed by atoms with van der Waals surface area (Å²) in [5.74, 6) is -0.141. The number of ether oxygens (including phenoxy) is 2. The minimum atomic E-state index is -0.785. The van der Waals surface area contributed by atoms with Gasteiger partial charge < -0.3 is 20.5 Å². The smallest absolute Gasteiger partial charge is 0.414 e. The van der Waals surface area contributed by atoms with Gasteiger partial charge in [0.15, 0.2) is 5.69 Å². The van der Waals surface area contributed by atoms with E-state index >= 15 is 0 Å². The van der Waals surface area contributed by atoms with Crippen molar-refractivity contribution in [2.45, 2.75) is 52.7 Å². The van der Waals surface area contributed by atoms with Gasteiger partial charge >= 0.3 is 17.9 Å². The number of carbonyl (C=O) groups is 2. The van der Waals surface area contributed by atoms with E-state index in [-0.39, 0.29) is 31.2 Å². The molecule has 0 fully saturated rings. The summed E-state index contributed by atoms with van der Waals surface area (Å²) < 4.78 is 11.5. The number of aromatic nitrogens is 2. The molecular weight excluding hydrogens is 442 g/mol. The number of nitrogens with one attached hydrogen (secondary N) is 2. The Morgan fingerprint density at radius 3 is 2.44 bits per heavy atom. The first-order valence-corrected chi connectivity index (χ1v) is 11.1. The Bertz CT molecular complexity index is 1090. The summed E-state index contributed by atoms with van der Waals surface area (Å²) in [6.45, 7) is 7.55. The second kappa shape index (κ2) is 11.9. The number of unbranched alkanes of at least 4 members (excludes halogenated alkanes) is 1. The van der Waals surface area contributed by atoms with E-state index < -0.39 is 29.0 Å². The molecule has 0 saturated carbocycles. The Labute approximate surface area is 197 Å². The van der Waals surface area contributed by atoms with Crippen molar-refractivity contribution in [1.82, 2.24) is 14.9 Å². The van der Waals surface area contributed by atoms with E-state index in [9.17, 15) is 19.2 Å². The molecule has 2 amide bonds. The number of alkyl carbamates (subject to hydrolysis) is 1. The van der Waals surface area contributed by atoms with Crippen molar-refractivity contribution in [3.8, 4) is 0 Å². The third-order valence-corrected chi connectivity index (χ3v) is 4.63. The van der Waals surface area contributed by atoms with Crippen LogP contribution in [0.25, 0.3) is 0 Å². The highest BCUT2D eigenvalue weighted by Gasteiger charge is 2.25. The fourth-order valence-electron chi connectivity index (χ4n) is 3.16. The van der Waals surface area contributed by atoms with Gasteiger partial charge in [0.25, 0.3) is 5.56 Å². The van der Waals surface area contributed by atoms with Crippen LogP contribution in [-0.4, -0.2) is 47.0 Å². The predicted octanol–water partition coefficient (Wildman–Crippen LogP) is 2.43.